The molecule has 0 aliphatic heterocycles. The number of hydrogen-bond acceptors (Lipinski definition) is 3. The van der Waals surface area contributed by atoms with Gasteiger partial charge in [-0.2, -0.15) is 5.10 Å². The first kappa shape index (κ1) is 15.2. The van der Waals surface area contributed by atoms with Gasteiger partial charge in [-0.1, -0.05) is 54.6 Å². The van der Waals surface area contributed by atoms with Crippen molar-refractivity contribution in [3.05, 3.63) is 95.8 Å². The Hall–Kier alpha value is -3.33. The third kappa shape index (κ3) is 3.31. The average Bonchev–Trinajstić information content (AvgIpc) is 2.67. The van der Waals surface area contributed by atoms with E-state index < -0.39 is 0 Å². The minimum Gasteiger partial charge on any atom is -0.456 e. The summed E-state index contributed by atoms with van der Waals surface area (Å²) in [5.41, 5.74) is 7.09. The summed E-state index contributed by atoms with van der Waals surface area (Å²) in [5.74, 6) is 0.798. The Labute approximate surface area is 146 Å². The molecule has 1 heterocycles. The Morgan fingerprint density at radius 2 is 1.52 bits per heavy atom. The molecule has 0 radical (unpaired) electrons. The van der Waals surface area contributed by atoms with Crippen LogP contribution in [0.1, 0.15) is 5.56 Å². The lowest BCUT2D eigenvalue weighted by Gasteiger charge is -2.06. The molecule has 0 saturated heterocycles. The zero-order chi connectivity index (χ0) is 17.1. The van der Waals surface area contributed by atoms with Crippen LogP contribution in [0.25, 0.3) is 22.3 Å². The second-order valence-corrected chi connectivity index (χ2v) is 5.95. The first-order chi connectivity index (χ1) is 12.3. The summed E-state index contributed by atoms with van der Waals surface area (Å²) in [4.78, 5) is 0. The largest absolute Gasteiger partial charge is 0.456 e. The molecule has 3 heteroatoms. The fraction of sp³-hybridized carbons (Fsp3) is 0.0455. The third-order valence-electron chi connectivity index (χ3n) is 4.04. The molecule has 3 nitrogen and oxygen atoms in total. The predicted molar refractivity (Wildman–Crippen MR) is 102 cm³/mol. The van der Waals surface area contributed by atoms with Crippen LogP contribution in [-0.2, 0) is 0 Å². The maximum Gasteiger partial charge on any atom is 0.137 e. The molecule has 0 atom stereocenters. The van der Waals surface area contributed by atoms with Crippen LogP contribution in [0.3, 0.4) is 0 Å². The van der Waals surface area contributed by atoms with Crippen molar-refractivity contribution in [2.75, 3.05) is 5.43 Å². The van der Waals surface area contributed by atoms with Crippen LogP contribution in [0.5, 0.6) is 0 Å². The topological polar surface area (TPSA) is 37.5 Å². The number of anilines is 1. The maximum atomic E-state index is 6.13. The van der Waals surface area contributed by atoms with Crippen molar-refractivity contribution >= 4 is 16.7 Å². The van der Waals surface area contributed by atoms with Crippen molar-refractivity contribution in [3.63, 3.8) is 0 Å². The minimum absolute atomic E-state index is 0.798. The number of nitrogens with one attached hydrogen (secondary N) is 1. The van der Waals surface area contributed by atoms with Gasteiger partial charge in [0.1, 0.15) is 11.3 Å². The van der Waals surface area contributed by atoms with Gasteiger partial charge in [-0.05, 0) is 36.8 Å². The summed E-state index contributed by atoms with van der Waals surface area (Å²) in [5, 5.41) is 6.44. The summed E-state index contributed by atoms with van der Waals surface area (Å²) in [6.45, 7) is 2.06. The normalized spacial score (nSPS) is 11.6. The smallest absolute Gasteiger partial charge is 0.137 e. The summed E-state index contributed by atoms with van der Waals surface area (Å²) in [7, 11) is 0. The Bertz CT molecular complexity index is 1070. The molecule has 122 valence electrons. The van der Waals surface area contributed by atoms with E-state index >= 15 is 0 Å². The van der Waals surface area contributed by atoms with E-state index in [0.717, 1.165) is 38.9 Å². The van der Waals surface area contributed by atoms with Crippen LogP contribution in [0.4, 0.5) is 5.69 Å². The van der Waals surface area contributed by atoms with E-state index in [1.54, 1.807) is 0 Å². The number of benzene rings is 3. The highest BCUT2D eigenvalue weighted by Crippen LogP contribution is 2.22. The van der Waals surface area contributed by atoms with Crippen molar-refractivity contribution in [1.29, 1.82) is 0 Å². The highest BCUT2D eigenvalue weighted by Gasteiger charge is 2.06. The first-order valence-electron chi connectivity index (χ1n) is 8.24. The van der Waals surface area contributed by atoms with Crippen molar-refractivity contribution in [3.8, 4) is 11.3 Å². The minimum atomic E-state index is 0.798. The van der Waals surface area contributed by atoms with Crippen LogP contribution < -0.4 is 10.8 Å². The summed E-state index contributed by atoms with van der Waals surface area (Å²) in [6, 6.07) is 28.1. The number of fused-ring (bicyclic) bond motifs is 1. The van der Waals surface area contributed by atoms with Gasteiger partial charge in [-0.25, -0.2) is 0 Å². The van der Waals surface area contributed by atoms with E-state index in [4.69, 9.17) is 4.42 Å². The van der Waals surface area contributed by atoms with E-state index in [0.29, 0.717) is 0 Å². The molecule has 3 aromatic carbocycles. The Kier molecular flexibility index (Phi) is 4.05. The molecule has 4 aromatic rings. The molecular formula is C22H18N2O. The SMILES string of the molecule is Cc1ccc2/c(=N\Nc3ccccc3)cc(-c3ccccc3)oc2c1. The second-order valence-electron chi connectivity index (χ2n) is 5.95. The van der Waals surface area contributed by atoms with Crippen LogP contribution in [0, 0.1) is 6.92 Å². The molecule has 4 rings (SSSR count). The zero-order valence-electron chi connectivity index (χ0n) is 13.9. The molecule has 0 unspecified atom stereocenters. The summed E-state index contributed by atoms with van der Waals surface area (Å²) in [6.07, 6.45) is 0. The molecule has 1 N–H and O–H groups in total. The van der Waals surface area contributed by atoms with Crippen molar-refractivity contribution < 1.29 is 4.42 Å². The maximum absolute atomic E-state index is 6.13. The standard InChI is InChI=1S/C22H18N2O/c1-16-12-13-19-20(24-23-18-10-6-3-7-11-18)15-21(25-22(19)14-16)17-8-4-2-5-9-17/h2-15,23H,1H3/b24-20-. The Morgan fingerprint density at radius 1 is 0.800 bits per heavy atom. The highest BCUT2D eigenvalue weighted by molar-refractivity contribution is 5.79. The van der Waals surface area contributed by atoms with Crippen LogP contribution in [0.15, 0.2) is 94.4 Å². The molecule has 0 bridgehead atoms. The molecule has 0 fully saturated rings. The number of aryl methyl sites for hydroxylation is 1. The van der Waals surface area contributed by atoms with E-state index in [9.17, 15) is 0 Å². The fourth-order valence-electron chi connectivity index (χ4n) is 2.75. The molecular weight excluding hydrogens is 308 g/mol. The Balaban J connectivity index is 1.89. The lowest BCUT2D eigenvalue weighted by atomic mass is 10.1. The number of rotatable bonds is 3. The number of para-hydroxylation sites is 1. The van der Waals surface area contributed by atoms with E-state index in [1.165, 1.54) is 0 Å². The van der Waals surface area contributed by atoms with Gasteiger partial charge in [-0.3, -0.25) is 5.43 Å². The third-order valence-corrected chi connectivity index (χ3v) is 4.04. The van der Waals surface area contributed by atoms with Gasteiger partial charge in [0.2, 0.25) is 0 Å². The predicted octanol–water partition coefficient (Wildman–Crippen LogP) is 5.34. The van der Waals surface area contributed by atoms with E-state index in [1.807, 2.05) is 72.8 Å². The number of hydrogen-bond donors (Lipinski definition) is 1. The van der Waals surface area contributed by atoms with Crippen molar-refractivity contribution in [2.45, 2.75) is 6.92 Å². The fourth-order valence-corrected chi connectivity index (χ4v) is 2.75. The van der Waals surface area contributed by atoms with Gasteiger partial charge in [0, 0.05) is 17.0 Å². The van der Waals surface area contributed by atoms with Gasteiger partial charge in [0.15, 0.2) is 0 Å². The molecule has 0 aliphatic rings. The number of nitrogens with zero attached hydrogens (tertiary/aromatic N) is 1. The first-order valence-corrected chi connectivity index (χ1v) is 8.24. The highest BCUT2D eigenvalue weighted by atomic mass is 16.3. The van der Waals surface area contributed by atoms with Crippen LogP contribution in [0.2, 0.25) is 0 Å². The van der Waals surface area contributed by atoms with Crippen molar-refractivity contribution in [1.82, 2.24) is 0 Å². The van der Waals surface area contributed by atoms with E-state index in [-0.39, 0.29) is 0 Å². The van der Waals surface area contributed by atoms with Crippen molar-refractivity contribution in [2.24, 2.45) is 5.10 Å². The van der Waals surface area contributed by atoms with Gasteiger partial charge in [0.25, 0.3) is 0 Å². The van der Waals surface area contributed by atoms with Gasteiger partial charge >= 0.3 is 0 Å². The quantitative estimate of drug-likeness (QED) is 0.516. The van der Waals surface area contributed by atoms with Crippen LogP contribution in [-0.4, -0.2) is 0 Å². The van der Waals surface area contributed by atoms with Gasteiger partial charge in [0.05, 0.1) is 11.0 Å². The summed E-state index contributed by atoms with van der Waals surface area (Å²) >= 11 is 0. The van der Waals surface area contributed by atoms with Crippen LogP contribution >= 0.6 is 0 Å². The van der Waals surface area contributed by atoms with Gasteiger partial charge < -0.3 is 4.42 Å². The molecule has 25 heavy (non-hydrogen) atoms. The lowest BCUT2D eigenvalue weighted by molar-refractivity contribution is 0.618. The molecule has 0 saturated carbocycles. The Morgan fingerprint density at radius 3 is 2.28 bits per heavy atom. The summed E-state index contributed by atoms with van der Waals surface area (Å²) < 4.78 is 6.13. The lowest BCUT2D eigenvalue weighted by Crippen LogP contribution is -2.07. The molecule has 1 aromatic heterocycles. The molecule has 0 spiro atoms. The zero-order valence-corrected chi connectivity index (χ0v) is 13.9. The molecule has 0 aliphatic carbocycles. The monoisotopic (exact) mass is 326 g/mol. The van der Waals surface area contributed by atoms with Gasteiger partial charge in [-0.15, -0.1) is 0 Å². The van der Waals surface area contributed by atoms with E-state index in [2.05, 4.69) is 29.6 Å². The second kappa shape index (κ2) is 6.65. The average molecular weight is 326 g/mol. The molecule has 0 amide bonds.